The molecule has 2 heterocycles. The summed E-state index contributed by atoms with van der Waals surface area (Å²) >= 11 is 1.80. The molecular formula is C15H28N4OS. The van der Waals surface area contributed by atoms with Crippen LogP contribution in [0.4, 0.5) is 5.13 Å². The van der Waals surface area contributed by atoms with Crippen LogP contribution in [0.15, 0.2) is 0 Å². The van der Waals surface area contributed by atoms with Gasteiger partial charge in [0, 0.05) is 57.7 Å². The first kappa shape index (κ1) is 16.7. The molecule has 0 radical (unpaired) electrons. The zero-order chi connectivity index (χ0) is 15.4. The summed E-state index contributed by atoms with van der Waals surface area (Å²) in [6.45, 7) is 9.79. The van der Waals surface area contributed by atoms with Crippen LogP contribution in [0.2, 0.25) is 0 Å². The molecule has 1 atom stereocenters. The molecular weight excluding hydrogens is 284 g/mol. The molecule has 1 fully saturated rings. The van der Waals surface area contributed by atoms with E-state index in [1.165, 1.54) is 4.88 Å². The number of anilines is 1. The number of thiazole rings is 1. The van der Waals surface area contributed by atoms with E-state index in [4.69, 9.17) is 0 Å². The van der Waals surface area contributed by atoms with Crippen LogP contribution in [-0.2, 0) is 6.54 Å². The molecule has 120 valence electrons. The molecule has 21 heavy (non-hydrogen) atoms. The molecule has 0 aromatic carbocycles. The first-order chi connectivity index (χ1) is 10.0. The monoisotopic (exact) mass is 312 g/mol. The van der Waals surface area contributed by atoms with Gasteiger partial charge in [-0.2, -0.15) is 0 Å². The van der Waals surface area contributed by atoms with Crippen molar-refractivity contribution in [2.75, 3.05) is 51.8 Å². The maximum Gasteiger partial charge on any atom is 0.185 e. The first-order valence-electron chi connectivity index (χ1n) is 7.76. The van der Waals surface area contributed by atoms with Gasteiger partial charge in [0.1, 0.15) is 0 Å². The molecule has 1 aliphatic rings. The number of nitrogens with zero attached hydrogens (tertiary/aromatic N) is 4. The van der Waals surface area contributed by atoms with Crippen molar-refractivity contribution in [3.05, 3.63) is 10.6 Å². The molecule has 1 aliphatic heterocycles. The first-order valence-corrected chi connectivity index (χ1v) is 8.57. The highest BCUT2D eigenvalue weighted by molar-refractivity contribution is 7.15. The predicted octanol–water partition coefficient (Wildman–Crippen LogP) is 1.41. The Hall–Kier alpha value is -0.690. The molecule has 0 spiro atoms. The summed E-state index contributed by atoms with van der Waals surface area (Å²) in [5.74, 6) is 0. The summed E-state index contributed by atoms with van der Waals surface area (Å²) < 4.78 is 0. The average Bonchev–Trinajstić information content (AvgIpc) is 2.84. The van der Waals surface area contributed by atoms with Crippen molar-refractivity contribution in [3.8, 4) is 0 Å². The van der Waals surface area contributed by atoms with E-state index in [2.05, 4.69) is 33.5 Å². The number of aryl methyl sites for hydroxylation is 1. The molecule has 1 saturated heterocycles. The summed E-state index contributed by atoms with van der Waals surface area (Å²) in [6.07, 6.45) is 1.02. The van der Waals surface area contributed by atoms with Crippen LogP contribution in [0.3, 0.4) is 0 Å². The van der Waals surface area contributed by atoms with Crippen LogP contribution in [0.25, 0.3) is 0 Å². The highest BCUT2D eigenvalue weighted by Crippen LogP contribution is 2.26. The van der Waals surface area contributed by atoms with Crippen LogP contribution < -0.4 is 4.90 Å². The maximum atomic E-state index is 9.40. The second-order valence-electron chi connectivity index (χ2n) is 5.96. The second-order valence-corrected chi connectivity index (χ2v) is 7.02. The average molecular weight is 312 g/mol. The quantitative estimate of drug-likeness (QED) is 0.860. The zero-order valence-electron chi connectivity index (χ0n) is 13.7. The lowest BCUT2D eigenvalue weighted by Gasteiger charge is -2.38. The number of hydrogen-bond donors (Lipinski definition) is 1. The molecule has 0 bridgehead atoms. The Kier molecular flexibility index (Phi) is 5.98. The summed E-state index contributed by atoms with van der Waals surface area (Å²) in [5.41, 5.74) is 1.16. The van der Waals surface area contributed by atoms with Crippen molar-refractivity contribution in [1.82, 2.24) is 14.8 Å². The molecule has 0 saturated carbocycles. The number of aliphatic hydroxyl groups excluding tert-OH is 1. The summed E-state index contributed by atoms with van der Waals surface area (Å²) in [7, 11) is 4.08. The number of rotatable bonds is 6. The number of piperazine rings is 1. The standard InChI is InChI=1S/C15H28N4OS/c1-5-13(11-20)19-8-6-18(7-9-19)10-14-12(2)16-15(21-14)17(3)4/h13,20H,5-11H2,1-4H3/t13-/m1/s1. The number of aliphatic hydroxyl groups is 1. The van der Waals surface area contributed by atoms with Crippen LogP contribution >= 0.6 is 11.3 Å². The van der Waals surface area contributed by atoms with Gasteiger partial charge in [0.15, 0.2) is 5.13 Å². The highest BCUT2D eigenvalue weighted by Gasteiger charge is 2.23. The summed E-state index contributed by atoms with van der Waals surface area (Å²) in [5, 5.41) is 10.5. The fourth-order valence-corrected chi connectivity index (χ4v) is 3.77. The number of hydrogen-bond acceptors (Lipinski definition) is 6. The Bertz CT molecular complexity index is 437. The van der Waals surface area contributed by atoms with Gasteiger partial charge in [-0.1, -0.05) is 6.92 Å². The number of aromatic nitrogens is 1. The molecule has 2 rings (SSSR count). The van der Waals surface area contributed by atoms with Gasteiger partial charge in [-0.15, -0.1) is 11.3 Å². The van der Waals surface area contributed by atoms with Crippen molar-refractivity contribution in [2.45, 2.75) is 32.9 Å². The van der Waals surface area contributed by atoms with Crippen molar-refractivity contribution in [2.24, 2.45) is 0 Å². The topological polar surface area (TPSA) is 42.8 Å². The molecule has 6 heteroatoms. The van der Waals surface area contributed by atoms with E-state index in [1.54, 1.807) is 11.3 Å². The Balaban J connectivity index is 1.89. The Morgan fingerprint density at radius 3 is 2.43 bits per heavy atom. The third-order valence-electron chi connectivity index (χ3n) is 4.24. The van der Waals surface area contributed by atoms with Gasteiger partial charge in [-0.05, 0) is 13.3 Å². The Labute approximate surface area is 132 Å². The zero-order valence-corrected chi connectivity index (χ0v) is 14.5. The van der Waals surface area contributed by atoms with Crippen molar-refractivity contribution in [1.29, 1.82) is 0 Å². The van der Waals surface area contributed by atoms with E-state index in [1.807, 2.05) is 14.1 Å². The fraction of sp³-hybridized carbons (Fsp3) is 0.800. The van der Waals surface area contributed by atoms with Crippen LogP contribution in [0.1, 0.15) is 23.9 Å². The van der Waals surface area contributed by atoms with E-state index in [0.717, 1.165) is 50.0 Å². The minimum atomic E-state index is 0.274. The van der Waals surface area contributed by atoms with Gasteiger partial charge < -0.3 is 10.0 Å². The normalized spacial score (nSPS) is 18.9. The molecule has 1 aromatic rings. The lowest BCUT2D eigenvalue weighted by atomic mass is 10.1. The van der Waals surface area contributed by atoms with Crippen LogP contribution in [0.5, 0.6) is 0 Å². The van der Waals surface area contributed by atoms with Gasteiger partial charge in [-0.25, -0.2) is 4.98 Å². The van der Waals surface area contributed by atoms with Gasteiger partial charge >= 0.3 is 0 Å². The molecule has 0 amide bonds. The summed E-state index contributed by atoms with van der Waals surface area (Å²) in [6, 6.07) is 0.331. The van der Waals surface area contributed by atoms with Crippen molar-refractivity contribution in [3.63, 3.8) is 0 Å². The van der Waals surface area contributed by atoms with Gasteiger partial charge in [0.25, 0.3) is 0 Å². The fourth-order valence-electron chi connectivity index (χ4n) is 2.74. The third kappa shape index (κ3) is 4.16. The van der Waals surface area contributed by atoms with E-state index in [-0.39, 0.29) is 6.61 Å². The van der Waals surface area contributed by atoms with Crippen LogP contribution in [-0.4, -0.2) is 72.8 Å². The lowest BCUT2D eigenvalue weighted by Crippen LogP contribution is -2.50. The highest BCUT2D eigenvalue weighted by atomic mass is 32.1. The van der Waals surface area contributed by atoms with Gasteiger partial charge in [-0.3, -0.25) is 9.80 Å². The largest absolute Gasteiger partial charge is 0.395 e. The van der Waals surface area contributed by atoms with Crippen molar-refractivity contribution >= 4 is 16.5 Å². The Morgan fingerprint density at radius 1 is 1.29 bits per heavy atom. The SMILES string of the molecule is CC[C@H](CO)N1CCN(Cc2sc(N(C)C)nc2C)CC1. The third-order valence-corrected chi connectivity index (χ3v) is 5.55. The maximum absolute atomic E-state index is 9.40. The molecule has 0 unspecified atom stereocenters. The van der Waals surface area contributed by atoms with Crippen molar-refractivity contribution < 1.29 is 5.11 Å². The molecule has 1 aromatic heterocycles. The minimum absolute atomic E-state index is 0.274. The Morgan fingerprint density at radius 2 is 1.95 bits per heavy atom. The molecule has 1 N–H and O–H groups in total. The second kappa shape index (κ2) is 7.54. The molecule has 5 nitrogen and oxygen atoms in total. The van der Waals surface area contributed by atoms with E-state index >= 15 is 0 Å². The smallest absolute Gasteiger partial charge is 0.185 e. The lowest BCUT2D eigenvalue weighted by molar-refractivity contribution is 0.0611. The van der Waals surface area contributed by atoms with E-state index in [9.17, 15) is 5.11 Å². The van der Waals surface area contributed by atoms with Crippen LogP contribution in [0, 0.1) is 6.92 Å². The summed E-state index contributed by atoms with van der Waals surface area (Å²) in [4.78, 5) is 13.0. The molecule has 0 aliphatic carbocycles. The van der Waals surface area contributed by atoms with Gasteiger partial charge in [0.2, 0.25) is 0 Å². The van der Waals surface area contributed by atoms with E-state index < -0.39 is 0 Å². The van der Waals surface area contributed by atoms with Gasteiger partial charge in [0.05, 0.1) is 12.3 Å². The minimum Gasteiger partial charge on any atom is -0.395 e. The predicted molar refractivity (Wildman–Crippen MR) is 89.2 cm³/mol. The van der Waals surface area contributed by atoms with E-state index in [0.29, 0.717) is 6.04 Å².